The Balaban J connectivity index is 1.03. The van der Waals surface area contributed by atoms with E-state index in [4.69, 9.17) is 4.98 Å². The van der Waals surface area contributed by atoms with Gasteiger partial charge in [0.1, 0.15) is 23.2 Å². The molecule has 0 spiro atoms. The average Bonchev–Trinajstić information content (AvgIpc) is 3.66. The number of nitrogens with one attached hydrogen (secondary N) is 2. The number of pyridine rings is 1. The van der Waals surface area contributed by atoms with Gasteiger partial charge in [-0.05, 0) is 76.5 Å². The number of imide groups is 1. The number of thiazole rings is 1. The van der Waals surface area contributed by atoms with E-state index in [2.05, 4.69) is 20.5 Å². The molecule has 5 heterocycles. The number of carbonyl (C=O) groups excluding carboxylic acids is 4. The van der Waals surface area contributed by atoms with Gasteiger partial charge in [-0.2, -0.15) is 13.2 Å². The van der Waals surface area contributed by atoms with Crippen molar-refractivity contribution >= 4 is 50.9 Å². The van der Waals surface area contributed by atoms with Crippen LogP contribution in [0.25, 0.3) is 10.2 Å². The van der Waals surface area contributed by atoms with Crippen molar-refractivity contribution in [1.82, 2.24) is 25.1 Å². The first-order chi connectivity index (χ1) is 24.6. The number of anilines is 1. The van der Waals surface area contributed by atoms with Gasteiger partial charge in [-0.3, -0.25) is 29.4 Å². The summed E-state index contributed by atoms with van der Waals surface area (Å²) >= 11 is 1.43. The number of carbonyl (C=O) groups is 4. The van der Waals surface area contributed by atoms with Crippen molar-refractivity contribution in [2.45, 2.75) is 76.4 Å². The van der Waals surface area contributed by atoms with Crippen LogP contribution in [-0.2, 0) is 34.5 Å². The zero-order valence-corrected chi connectivity index (χ0v) is 29.0. The van der Waals surface area contributed by atoms with E-state index in [9.17, 15) is 37.5 Å². The number of aliphatic hydroxyl groups is 1. The molecule has 52 heavy (non-hydrogen) atoms. The SMILES string of the molecule is CC(C)(O)c1cc2nc(C3CCN(Cc4ccc5c(c4F)CN(C4CCC(=O)NC4=O)C5=O)CC3)sc2cc1NC(=O)c1cccc(C(F)(F)F)n1. The highest BCUT2D eigenvalue weighted by Crippen LogP contribution is 2.39. The maximum Gasteiger partial charge on any atom is 0.433 e. The van der Waals surface area contributed by atoms with Gasteiger partial charge in [0, 0.05) is 46.8 Å². The Bertz CT molecular complexity index is 2120. The van der Waals surface area contributed by atoms with Crippen molar-refractivity contribution < 1.29 is 41.8 Å². The minimum atomic E-state index is -4.72. The maximum absolute atomic E-state index is 15.8. The quantitative estimate of drug-likeness (QED) is 0.167. The second-order valence-corrected chi connectivity index (χ2v) is 14.9. The zero-order chi connectivity index (χ0) is 37.1. The topological polar surface area (TPSA) is 145 Å². The van der Waals surface area contributed by atoms with Gasteiger partial charge in [-0.15, -0.1) is 11.3 Å². The van der Waals surface area contributed by atoms with Crippen molar-refractivity contribution in [2.75, 3.05) is 18.4 Å². The van der Waals surface area contributed by atoms with Gasteiger partial charge >= 0.3 is 6.18 Å². The van der Waals surface area contributed by atoms with Crippen LogP contribution in [-0.4, -0.2) is 67.6 Å². The van der Waals surface area contributed by atoms with Crippen molar-refractivity contribution in [3.63, 3.8) is 0 Å². The van der Waals surface area contributed by atoms with Crippen LogP contribution in [0.2, 0.25) is 0 Å². The molecular weight excluding hydrogens is 704 g/mol. The standard InChI is InChI=1S/C36H34F4N6O5S/c1-35(2,51)22-14-25-27(15-24(22)42-31(48)23-4-3-5-28(41-23)36(38,39)40)52-33(43-25)18-10-12-45(13-11-18)16-19-6-7-20-21(30(19)37)17-46(34(20)50)26-8-9-29(47)44-32(26)49/h3-7,14-15,18,26,51H,8-13,16-17H2,1-2H3,(H,42,48)(H,44,47,49). The number of hydrogen-bond acceptors (Lipinski definition) is 9. The lowest BCUT2D eigenvalue weighted by Gasteiger charge is -2.31. The van der Waals surface area contributed by atoms with Crippen molar-refractivity contribution in [2.24, 2.45) is 0 Å². The first-order valence-corrected chi connectivity index (χ1v) is 17.6. The van der Waals surface area contributed by atoms with Gasteiger partial charge in [-0.25, -0.2) is 14.4 Å². The molecule has 2 aromatic heterocycles. The summed E-state index contributed by atoms with van der Waals surface area (Å²) in [6, 6.07) is 8.79. The number of hydrogen-bond donors (Lipinski definition) is 3. The number of nitrogens with zero attached hydrogens (tertiary/aromatic N) is 4. The van der Waals surface area contributed by atoms with Crippen LogP contribution in [0, 0.1) is 5.82 Å². The molecule has 2 fully saturated rings. The van der Waals surface area contributed by atoms with Crippen LogP contribution in [0.5, 0.6) is 0 Å². The monoisotopic (exact) mass is 738 g/mol. The van der Waals surface area contributed by atoms with Gasteiger partial charge in [0.25, 0.3) is 11.8 Å². The Morgan fingerprint density at radius 1 is 1.06 bits per heavy atom. The fourth-order valence-electron chi connectivity index (χ4n) is 7.04. The first-order valence-electron chi connectivity index (χ1n) is 16.8. The molecular formula is C36H34F4N6O5S. The fourth-order valence-corrected chi connectivity index (χ4v) is 8.19. The summed E-state index contributed by atoms with van der Waals surface area (Å²) in [5.41, 5.74) is -0.930. The third-order valence-electron chi connectivity index (χ3n) is 9.78. The number of likely N-dealkylation sites (tertiary alicyclic amines) is 1. The minimum absolute atomic E-state index is 0.0392. The lowest BCUT2D eigenvalue weighted by molar-refractivity contribution is -0.141. The van der Waals surface area contributed by atoms with Crippen molar-refractivity contribution in [3.8, 4) is 0 Å². The van der Waals surface area contributed by atoms with Crippen molar-refractivity contribution in [1.29, 1.82) is 0 Å². The Hall–Kier alpha value is -4.80. The molecule has 0 bridgehead atoms. The molecule has 3 aliphatic rings. The Kier molecular flexibility index (Phi) is 9.11. The van der Waals surface area contributed by atoms with Crippen molar-refractivity contribution in [3.05, 3.63) is 86.9 Å². The molecule has 2 saturated heterocycles. The number of rotatable bonds is 7. The summed E-state index contributed by atoms with van der Waals surface area (Å²) in [5, 5.41) is 16.7. The molecule has 0 radical (unpaired) electrons. The number of piperidine rings is 2. The third-order valence-corrected chi connectivity index (χ3v) is 11.0. The number of halogens is 4. The average molecular weight is 739 g/mol. The molecule has 0 saturated carbocycles. The predicted molar refractivity (Wildman–Crippen MR) is 182 cm³/mol. The number of fused-ring (bicyclic) bond motifs is 2. The number of aromatic nitrogens is 2. The van der Waals surface area contributed by atoms with Gasteiger partial charge < -0.3 is 15.3 Å². The van der Waals surface area contributed by atoms with Gasteiger partial charge in [-0.1, -0.05) is 12.1 Å². The van der Waals surface area contributed by atoms with Crippen LogP contribution < -0.4 is 10.6 Å². The van der Waals surface area contributed by atoms with E-state index >= 15 is 4.39 Å². The summed E-state index contributed by atoms with van der Waals surface area (Å²) in [5.74, 6) is -2.60. The number of benzene rings is 2. The van der Waals surface area contributed by atoms with E-state index in [1.54, 1.807) is 24.3 Å². The summed E-state index contributed by atoms with van der Waals surface area (Å²) in [7, 11) is 0. The highest BCUT2D eigenvalue weighted by Gasteiger charge is 2.41. The molecule has 1 atom stereocenters. The zero-order valence-electron chi connectivity index (χ0n) is 28.1. The molecule has 2 aromatic carbocycles. The molecule has 11 nitrogen and oxygen atoms in total. The Morgan fingerprint density at radius 3 is 2.50 bits per heavy atom. The molecule has 3 N–H and O–H groups in total. The molecule has 4 aromatic rings. The maximum atomic E-state index is 15.8. The summed E-state index contributed by atoms with van der Waals surface area (Å²) in [6.07, 6.45) is -2.94. The van der Waals surface area contributed by atoms with Crippen LogP contribution in [0.1, 0.15) is 93.7 Å². The summed E-state index contributed by atoms with van der Waals surface area (Å²) in [4.78, 5) is 61.8. The summed E-state index contributed by atoms with van der Waals surface area (Å²) < 4.78 is 56.1. The second kappa shape index (κ2) is 13.3. The molecule has 272 valence electrons. The Labute approximate surface area is 299 Å². The van der Waals surface area contributed by atoms with Crippen LogP contribution in [0.3, 0.4) is 0 Å². The second-order valence-electron chi connectivity index (χ2n) is 13.9. The molecule has 1 unspecified atom stereocenters. The highest BCUT2D eigenvalue weighted by atomic mass is 32.1. The van der Waals surface area contributed by atoms with Gasteiger partial charge in [0.2, 0.25) is 11.8 Å². The third kappa shape index (κ3) is 6.89. The van der Waals surface area contributed by atoms with Crippen LogP contribution in [0.15, 0.2) is 42.5 Å². The first kappa shape index (κ1) is 35.6. The smallest absolute Gasteiger partial charge is 0.386 e. The molecule has 0 aliphatic carbocycles. The lowest BCUT2D eigenvalue weighted by Crippen LogP contribution is -2.52. The van der Waals surface area contributed by atoms with E-state index in [1.165, 1.54) is 36.2 Å². The largest absolute Gasteiger partial charge is 0.433 e. The molecule has 16 heteroatoms. The van der Waals surface area contributed by atoms with E-state index in [-0.39, 0.29) is 42.1 Å². The van der Waals surface area contributed by atoms with Gasteiger partial charge in [0.15, 0.2) is 0 Å². The molecule has 7 rings (SSSR count). The Morgan fingerprint density at radius 2 is 1.81 bits per heavy atom. The summed E-state index contributed by atoms with van der Waals surface area (Å²) in [6.45, 7) is 4.66. The fraction of sp³-hybridized carbons (Fsp3) is 0.389. The van der Waals surface area contributed by atoms with E-state index in [0.29, 0.717) is 36.3 Å². The molecule has 3 aliphatic heterocycles. The van der Waals surface area contributed by atoms with E-state index in [0.717, 1.165) is 34.7 Å². The van der Waals surface area contributed by atoms with E-state index in [1.807, 2.05) is 0 Å². The predicted octanol–water partition coefficient (Wildman–Crippen LogP) is 5.47. The lowest BCUT2D eigenvalue weighted by atomic mass is 9.95. The van der Waals surface area contributed by atoms with Crippen LogP contribution >= 0.6 is 11.3 Å². The minimum Gasteiger partial charge on any atom is -0.386 e. The van der Waals surface area contributed by atoms with Crippen LogP contribution in [0.4, 0.5) is 23.2 Å². The van der Waals surface area contributed by atoms with Gasteiger partial charge in [0.05, 0.1) is 27.4 Å². The normalized spacial score (nSPS) is 18.9. The number of amides is 4. The van der Waals surface area contributed by atoms with E-state index < -0.39 is 58.7 Å². The number of alkyl halides is 3. The molecule has 4 amide bonds. The highest BCUT2D eigenvalue weighted by molar-refractivity contribution is 7.18.